The standard InChI is InChI=1S/C31H35N5O7S/c1-17(2)13-24(33-27(37)23-14-19-21(32-23)9-6-10-26(19)43-3)29(39)36-16-31(20-7-4-5-8-22(20)34-30(31)40)15-25(36)28(38)35-44(41,42)18-11-12-18/h4-10,14,17-18,24-25,32H,11-13,15-16H2,1-3H3,(H,33,37)(H,34,40)(H,35,38)/t24?,25-,31-/m0/s1. The molecular weight excluding hydrogens is 586 g/mol. The van der Waals surface area contributed by atoms with Crippen molar-refractivity contribution in [3.8, 4) is 5.75 Å². The van der Waals surface area contributed by atoms with Crippen molar-refractivity contribution in [1.82, 2.24) is 19.9 Å². The number of nitrogens with one attached hydrogen (secondary N) is 4. The van der Waals surface area contributed by atoms with Gasteiger partial charge in [0.05, 0.1) is 17.8 Å². The molecule has 2 aliphatic heterocycles. The molecule has 2 fully saturated rings. The number of anilines is 1. The van der Waals surface area contributed by atoms with Crippen LogP contribution in [0.3, 0.4) is 0 Å². The SMILES string of the molecule is COc1cccc2[nH]c(C(=O)NC(CC(C)C)C(=O)N3C[C@]4(C[C@H]3C(=O)NS(=O)(=O)C3CC3)C(=O)Nc3ccccc34)cc12. The molecule has 44 heavy (non-hydrogen) atoms. The van der Waals surface area contributed by atoms with Gasteiger partial charge in [-0.2, -0.15) is 0 Å². The van der Waals surface area contributed by atoms with Gasteiger partial charge in [0.2, 0.25) is 21.8 Å². The van der Waals surface area contributed by atoms with Gasteiger partial charge in [0.15, 0.2) is 0 Å². The summed E-state index contributed by atoms with van der Waals surface area (Å²) in [5, 5.41) is 5.74. The Labute approximate surface area is 254 Å². The smallest absolute Gasteiger partial charge is 0.268 e. The first-order valence-electron chi connectivity index (χ1n) is 14.7. The highest BCUT2D eigenvalue weighted by Gasteiger charge is 2.58. The monoisotopic (exact) mass is 621 g/mol. The lowest BCUT2D eigenvalue weighted by Crippen LogP contribution is -2.54. The molecule has 4 amide bonds. The third-order valence-electron chi connectivity index (χ3n) is 8.67. The van der Waals surface area contributed by atoms with Crippen molar-refractivity contribution in [1.29, 1.82) is 0 Å². The first-order chi connectivity index (χ1) is 20.9. The number of para-hydroxylation sites is 1. The lowest BCUT2D eigenvalue weighted by atomic mass is 9.79. The van der Waals surface area contributed by atoms with Crippen molar-refractivity contribution in [3.05, 3.63) is 59.8 Å². The number of rotatable bonds is 9. The van der Waals surface area contributed by atoms with Gasteiger partial charge in [-0.1, -0.05) is 38.1 Å². The Bertz CT molecular complexity index is 1780. The van der Waals surface area contributed by atoms with Gasteiger partial charge in [0, 0.05) is 23.1 Å². The van der Waals surface area contributed by atoms with Crippen molar-refractivity contribution in [2.75, 3.05) is 19.0 Å². The number of sulfonamides is 1. The zero-order valence-electron chi connectivity index (χ0n) is 24.7. The van der Waals surface area contributed by atoms with Crippen LogP contribution >= 0.6 is 0 Å². The van der Waals surface area contributed by atoms with E-state index in [0.717, 1.165) is 0 Å². The fourth-order valence-electron chi connectivity index (χ4n) is 6.33. The summed E-state index contributed by atoms with van der Waals surface area (Å²) in [7, 11) is -2.38. The summed E-state index contributed by atoms with van der Waals surface area (Å²) in [6, 6.07) is 11.8. The fourth-order valence-corrected chi connectivity index (χ4v) is 7.67. The summed E-state index contributed by atoms with van der Waals surface area (Å²) in [5.74, 6) is -1.78. The molecule has 1 aliphatic carbocycles. The number of fused-ring (bicyclic) bond motifs is 3. The van der Waals surface area contributed by atoms with E-state index in [1.165, 1.54) is 12.0 Å². The van der Waals surface area contributed by atoms with E-state index in [-0.39, 0.29) is 36.9 Å². The number of H-pyrrole nitrogens is 1. The topological polar surface area (TPSA) is 167 Å². The van der Waals surface area contributed by atoms with E-state index in [2.05, 4.69) is 20.3 Å². The number of likely N-dealkylation sites (tertiary alicyclic amines) is 1. The highest BCUT2D eigenvalue weighted by Crippen LogP contribution is 2.46. The zero-order valence-corrected chi connectivity index (χ0v) is 25.5. The summed E-state index contributed by atoms with van der Waals surface area (Å²) in [5.41, 5.74) is 0.870. The summed E-state index contributed by atoms with van der Waals surface area (Å²) in [4.78, 5) is 59.2. The number of nitrogens with zero attached hydrogens (tertiary/aromatic N) is 1. The predicted octanol–water partition coefficient (Wildman–Crippen LogP) is 2.42. The number of hydrogen-bond donors (Lipinski definition) is 4. The fraction of sp³-hybridized carbons (Fsp3) is 0.419. The Kier molecular flexibility index (Phi) is 7.39. The van der Waals surface area contributed by atoms with Crippen molar-refractivity contribution in [2.45, 2.75) is 62.3 Å². The third kappa shape index (κ3) is 5.18. The summed E-state index contributed by atoms with van der Waals surface area (Å²) in [6.45, 7) is 3.65. The van der Waals surface area contributed by atoms with Gasteiger partial charge in [-0.05, 0) is 61.4 Å². The Balaban J connectivity index is 1.33. The molecule has 0 bridgehead atoms. The van der Waals surface area contributed by atoms with E-state index < -0.39 is 50.5 Å². The van der Waals surface area contributed by atoms with Crippen LogP contribution in [0, 0.1) is 5.92 Å². The van der Waals surface area contributed by atoms with E-state index in [1.807, 2.05) is 13.8 Å². The Morgan fingerprint density at radius 3 is 2.57 bits per heavy atom. The maximum absolute atomic E-state index is 14.3. The van der Waals surface area contributed by atoms with E-state index in [4.69, 9.17) is 4.74 Å². The van der Waals surface area contributed by atoms with E-state index >= 15 is 0 Å². The van der Waals surface area contributed by atoms with Crippen LogP contribution in [0.25, 0.3) is 10.9 Å². The Hall–Kier alpha value is -4.39. The number of carbonyl (C=O) groups is 4. The average Bonchev–Trinajstić information content (AvgIpc) is 3.55. The lowest BCUT2D eigenvalue weighted by Gasteiger charge is -2.29. The van der Waals surface area contributed by atoms with Gasteiger partial charge in [0.25, 0.3) is 11.8 Å². The quantitative estimate of drug-likeness (QED) is 0.285. The second kappa shape index (κ2) is 11.0. The first kappa shape index (κ1) is 29.7. The summed E-state index contributed by atoms with van der Waals surface area (Å²) >= 11 is 0. The molecule has 232 valence electrons. The molecule has 1 aromatic heterocycles. The highest BCUT2D eigenvalue weighted by atomic mass is 32.2. The van der Waals surface area contributed by atoms with E-state index in [9.17, 15) is 27.6 Å². The molecular formula is C31H35N5O7S. The zero-order chi connectivity index (χ0) is 31.4. The van der Waals surface area contributed by atoms with Crippen LogP contribution < -0.4 is 20.1 Å². The van der Waals surface area contributed by atoms with Gasteiger partial charge >= 0.3 is 0 Å². The second-order valence-electron chi connectivity index (χ2n) is 12.2. The number of benzene rings is 2. The predicted molar refractivity (Wildman–Crippen MR) is 163 cm³/mol. The number of ether oxygens (including phenoxy) is 1. The maximum Gasteiger partial charge on any atom is 0.268 e. The van der Waals surface area contributed by atoms with Crippen molar-refractivity contribution in [2.24, 2.45) is 5.92 Å². The molecule has 6 rings (SSSR count). The average molecular weight is 622 g/mol. The van der Waals surface area contributed by atoms with Crippen LogP contribution in [0.2, 0.25) is 0 Å². The van der Waals surface area contributed by atoms with Gasteiger partial charge in [0.1, 0.15) is 23.5 Å². The number of hydrogen-bond acceptors (Lipinski definition) is 7. The molecule has 3 heterocycles. The molecule has 2 aromatic carbocycles. The number of aromatic amines is 1. The Morgan fingerprint density at radius 1 is 1.11 bits per heavy atom. The molecule has 3 atom stereocenters. The number of methoxy groups -OCH3 is 1. The Morgan fingerprint density at radius 2 is 1.86 bits per heavy atom. The van der Waals surface area contributed by atoms with Crippen molar-refractivity contribution < 1.29 is 32.3 Å². The van der Waals surface area contributed by atoms with E-state index in [1.54, 1.807) is 48.5 Å². The summed E-state index contributed by atoms with van der Waals surface area (Å²) in [6.07, 6.45) is 1.06. The molecule has 1 unspecified atom stereocenters. The largest absolute Gasteiger partial charge is 0.496 e. The van der Waals surface area contributed by atoms with Crippen LogP contribution in [0.15, 0.2) is 48.5 Å². The van der Waals surface area contributed by atoms with Crippen LogP contribution in [0.4, 0.5) is 5.69 Å². The minimum atomic E-state index is -3.92. The van der Waals surface area contributed by atoms with Crippen molar-refractivity contribution >= 4 is 50.2 Å². The van der Waals surface area contributed by atoms with Crippen LogP contribution in [0.1, 0.15) is 55.6 Å². The molecule has 4 N–H and O–H groups in total. The van der Waals surface area contributed by atoms with Crippen LogP contribution in [-0.4, -0.2) is 72.9 Å². The van der Waals surface area contributed by atoms with Gasteiger partial charge in [-0.3, -0.25) is 23.9 Å². The molecule has 12 nitrogen and oxygen atoms in total. The number of amides is 4. The lowest BCUT2D eigenvalue weighted by molar-refractivity contribution is -0.139. The second-order valence-corrected chi connectivity index (χ2v) is 14.2. The van der Waals surface area contributed by atoms with E-state index in [0.29, 0.717) is 40.7 Å². The summed E-state index contributed by atoms with van der Waals surface area (Å²) < 4.78 is 33.0. The molecule has 3 aliphatic rings. The number of carbonyl (C=O) groups excluding carboxylic acids is 4. The first-order valence-corrected chi connectivity index (χ1v) is 16.2. The maximum atomic E-state index is 14.3. The van der Waals surface area contributed by atoms with Gasteiger partial charge < -0.3 is 25.3 Å². The third-order valence-corrected chi connectivity index (χ3v) is 10.5. The molecule has 1 saturated heterocycles. The molecule has 1 saturated carbocycles. The molecule has 1 spiro atoms. The van der Waals surface area contributed by atoms with Crippen molar-refractivity contribution in [3.63, 3.8) is 0 Å². The number of aromatic nitrogens is 1. The highest BCUT2D eigenvalue weighted by molar-refractivity contribution is 7.90. The van der Waals surface area contributed by atoms with Gasteiger partial charge in [-0.15, -0.1) is 0 Å². The minimum absolute atomic E-state index is 0.0263. The minimum Gasteiger partial charge on any atom is -0.496 e. The van der Waals surface area contributed by atoms with Crippen LogP contribution in [-0.2, 0) is 29.8 Å². The normalized spacial score (nSPS) is 21.8. The molecule has 0 radical (unpaired) electrons. The van der Waals surface area contributed by atoms with Gasteiger partial charge in [-0.25, -0.2) is 8.42 Å². The molecule has 3 aromatic rings. The molecule has 13 heteroatoms. The van der Waals surface area contributed by atoms with Crippen LogP contribution in [0.5, 0.6) is 5.75 Å².